The van der Waals surface area contributed by atoms with Crippen molar-refractivity contribution >= 4 is 11.6 Å². The van der Waals surface area contributed by atoms with Crippen LogP contribution in [0.3, 0.4) is 0 Å². The Balaban J connectivity index is 2.31. The quantitative estimate of drug-likeness (QED) is 0.739. The van der Waals surface area contributed by atoms with Crippen LogP contribution in [0.1, 0.15) is 43.6 Å². The fourth-order valence-corrected chi connectivity index (χ4v) is 1.70. The Hall–Kier alpha value is -1.52. The Labute approximate surface area is 102 Å². The molecule has 5 nitrogen and oxygen atoms in total. The van der Waals surface area contributed by atoms with E-state index in [9.17, 15) is 4.79 Å². The summed E-state index contributed by atoms with van der Waals surface area (Å²) in [6, 6.07) is 0. The summed E-state index contributed by atoms with van der Waals surface area (Å²) in [7, 11) is 1.71. The highest BCUT2D eigenvalue weighted by molar-refractivity contribution is 5.97. The molecule has 0 atom stereocenters. The topological polar surface area (TPSA) is 72.9 Å². The first-order chi connectivity index (χ1) is 8.02. The molecule has 0 saturated carbocycles. The second kappa shape index (κ2) is 6.27. The van der Waals surface area contributed by atoms with E-state index in [1.54, 1.807) is 7.05 Å². The van der Waals surface area contributed by atoms with Gasteiger partial charge < -0.3 is 11.1 Å². The Morgan fingerprint density at radius 2 is 2.24 bits per heavy atom. The van der Waals surface area contributed by atoms with Gasteiger partial charge in [0.1, 0.15) is 5.69 Å². The summed E-state index contributed by atoms with van der Waals surface area (Å²) < 4.78 is 1.50. The predicted molar refractivity (Wildman–Crippen MR) is 68.6 cm³/mol. The molecule has 3 N–H and O–H groups in total. The van der Waals surface area contributed by atoms with Crippen LogP contribution >= 0.6 is 0 Å². The molecule has 0 fully saturated rings. The first-order valence-electron chi connectivity index (χ1n) is 6.08. The Kier molecular flexibility index (Phi) is 5.00. The number of hydrogen-bond acceptors (Lipinski definition) is 3. The number of rotatable bonds is 6. The lowest BCUT2D eigenvalue weighted by Gasteiger charge is -2.07. The normalized spacial score (nSPS) is 10.8. The van der Waals surface area contributed by atoms with Crippen LogP contribution in [0.5, 0.6) is 0 Å². The first kappa shape index (κ1) is 13.5. The largest absolute Gasteiger partial charge is 0.396 e. The van der Waals surface area contributed by atoms with E-state index in [2.05, 4.69) is 24.3 Å². The van der Waals surface area contributed by atoms with Crippen LogP contribution in [0.2, 0.25) is 0 Å². The van der Waals surface area contributed by atoms with Crippen molar-refractivity contribution in [2.45, 2.75) is 33.1 Å². The van der Waals surface area contributed by atoms with E-state index >= 15 is 0 Å². The predicted octanol–water partition coefficient (Wildman–Crippen LogP) is 1.56. The van der Waals surface area contributed by atoms with Crippen molar-refractivity contribution in [1.82, 2.24) is 15.1 Å². The third-order valence-corrected chi connectivity index (χ3v) is 2.68. The van der Waals surface area contributed by atoms with Gasteiger partial charge in [-0.1, -0.05) is 26.7 Å². The van der Waals surface area contributed by atoms with E-state index in [1.165, 1.54) is 17.3 Å². The number of hydrogen-bond donors (Lipinski definition) is 2. The van der Waals surface area contributed by atoms with Gasteiger partial charge in [0.25, 0.3) is 5.91 Å². The molecule has 0 aromatic carbocycles. The minimum Gasteiger partial charge on any atom is -0.396 e. The fraction of sp³-hybridized carbons (Fsp3) is 0.667. The minimum atomic E-state index is -0.146. The summed E-state index contributed by atoms with van der Waals surface area (Å²) in [6.45, 7) is 5.10. The van der Waals surface area contributed by atoms with Crippen molar-refractivity contribution in [3.05, 3.63) is 11.9 Å². The maximum absolute atomic E-state index is 11.8. The van der Waals surface area contributed by atoms with Crippen LogP contribution in [0.4, 0.5) is 5.69 Å². The van der Waals surface area contributed by atoms with Crippen molar-refractivity contribution in [3.63, 3.8) is 0 Å². The molecule has 1 rings (SSSR count). The molecule has 0 aliphatic rings. The molecule has 17 heavy (non-hydrogen) atoms. The number of nitrogens with one attached hydrogen (secondary N) is 1. The number of aryl methyl sites for hydroxylation is 1. The van der Waals surface area contributed by atoms with Crippen molar-refractivity contribution in [3.8, 4) is 0 Å². The van der Waals surface area contributed by atoms with Gasteiger partial charge in [0.2, 0.25) is 0 Å². The number of nitrogens with zero attached hydrogens (tertiary/aromatic N) is 2. The minimum absolute atomic E-state index is 0.146. The van der Waals surface area contributed by atoms with Crippen molar-refractivity contribution in [2.75, 3.05) is 12.3 Å². The fourth-order valence-electron chi connectivity index (χ4n) is 1.70. The molecule has 0 spiro atoms. The lowest BCUT2D eigenvalue weighted by Crippen LogP contribution is -2.27. The first-order valence-corrected chi connectivity index (χ1v) is 6.08. The molecule has 1 aromatic heterocycles. The van der Waals surface area contributed by atoms with Crippen molar-refractivity contribution in [1.29, 1.82) is 0 Å². The summed E-state index contributed by atoms with van der Waals surface area (Å²) in [5.41, 5.74) is 6.53. The zero-order chi connectivity index (χ0) is 12.8. The van der Waals surface area contributed by atoms with E-state index < -0.39 is 0 Å². The second-order valence-electron chi connectivity index (χ2n) is 4.72. The standard InChI is InChI=1S/C12H22N4O/c1-9(2)6-4-5-7-14-12(17)11-10(13)8-15-16(11)3/h8-9H,4-7,13H2,1-3H3,(H,14,17). The van der Waals surface area contributed by atoms with Crippen molar-refractivity contribution in [2.24, 2.45) is 13.0 Å². The van der Waals surface area contributed by atoms with E-state index in [0.29, 0.717) is 17.9 Å². The molecular formula is C12H22N4O. The van der Waals surface area contributed by atoms with Crippen LogP contribution in [-0.4, -0.2) is 22.2 Å². The van der Waals surface area contributed by atoms with Crippen LogP contribution in [0.25, 0.3) is 0 Å². The SMILES string of the molecule is CC(C)CCCCNC(=O)c1c(N)cnn1C. The Bertz CT molecular complexity index is 351. The molecule has 1 aromatic rings. The molecule has 0 bridgehead atoms. The average molecular weight is 238 g/mol. The van der Waals surface area contributed by atoms with Gasteiger partial charge in [-0.15, -0.1) is 0 Å². The summed E-state index contributed by atoms with van der Waals surface area (Å²) >= 11 is 0. The van der Waals surface area contributed by atoms with Gasteiger partial charge in [-0.05, 0) is 12.3 Å². The van der Waals surface area contributed by atoms with Crippen LogP contribution < -0.4 is 11.1 Å². The number of amides is 1. The van der Waals surface area contributed by atoms with Gasteiger partial charge in [0.05, 0.1) is 11.9 Å². The van der Waals surface area contributed by atoms with Gasteiger partial charge in [-0.3, -0.25) is 9.48 Å². The van der Waals surface area contributed by atoms with Crippen molar-refractivity contribution < 1.29 is 4.79 Å². The molecule has 0 aliphatic heterocycles. The molecule has 0 saturated heterocycles. The summed E-state index contributed by atoms with van der Waals surface area (Å²) in [6.07, 6.45) is 4.83. The Morgan fingerprint density at radius 3 is 2.76 bits per heavy atom. The van der Waals surface area contributed by atoms with Crippen LogP contribution in [-0.2, 0) is 7.05 Å². The maximum Gasteiger partial charge on any atom is 0.271 e. The highest BCUT2D eigenvalue weighted by atomic mass is 16.2. The number of aromatic nitrogens is 2. The molecule has 1 amide bonds. The molecular weight excluding hydrogens is 216 g/mol. The van der Waals surface area contributed by atoms with Crippen LogP contribution in [0, 0.1) is 5.92 Å². The third kappa shape index (κ3) is 4.09. The number of anilines is 1. The molecule has 1 heterocycles. The molecule has 5 heteroatoms. The summed E-state index contributed by atoms with van der Waals surface area (Å²) in [5.74, 6) is 0.575. The zero-order valence-corrected chi connectivity index (χ0v) is 10.9. The number of carbonyl (C=O) groups excluding carboxylic acids is 1. The lowest BCUT2D eigenvalue weighted by atomic mass is 10.1. The van der Waals surface area contributed by atoms with Gasteiger partial charge in [0.15, 0.2) is 0 Å². The number of unbranched alkanes of at least 4 members (excludes halogenated alkanes) is 1. The number of carbonyl (C=O) groups is 1. The molecule has 0 radical (unpaired) electrons. The lowest BCUT2D eigenvalue weighted by molar-refractivity contribution is 0.0944. The second-order valence-corrected chi connectivity index (χ2v) is 4.72. The monoisotopic (exact) mass is 238 g/mol. The van der Waals surface area contributed by atoms with Gasteiger partial charge in [-0.2, -0.15) is 5.10 Å². The van der Waals surface area contributed by atoms with E-state index in [0.717, 1.165) is 18.8 Å². The number of nitrogen functional groups attached to an aromatic ring is 1. The Morgan fingerprint density at radius 1 is 1.53 bits per heavy atom. The number of nitrogens with two attached hydrogens (primary N) is 1. The van der Waals surface area contributed by atoms with Gasteiger partial charge in [0, 0.05) is 13.6 Å². The third-order valence-electron chi connectivity index (χ3n) is 2.68. The summed E-state index contributed by atoms with van der Waals surface area (Å²) in [5, 5.41) is 6.80. The van der Waals surface area contributed by atoms with Crippen LogP contribution in [0.15, 0.2) is 6.20 Å². The smallest absolute Gasteiger partial charge is 0.271 e. The summed E-state index contributed by atoms with van der Waals surface area (Å²) in [4.78, 5) is 11.8. The highest BCUT2D eigenvalue weighted by Gasteiger charge is 2.13. The molecule has 96 valence electrons. The van der Waals surface area contributed by atoms with Gasteiger partial charge >= 0.3 is 0 Å². The molecule has 0 unspecified atom stereocenters. The zero-order valence-electron chi connectivity index (χ0n) is 10.9. The van der Waals surface area contributed by atoms with Gasteiger partial charge in [-0.25, -0.2) is 0 Å². The van der Waals surface area contributed by atoms with E-state index in [-0.39, 0.29) is 5.91 Å². The van der Waals surface area contributed by atoms with E-state index in [4.69, 9.17) is 5.73 Å². The van der Waals surface area contributed by atoms with E-state index in [1.807, 2.05) is 0 Å². The maximum atomic E-state index is 11.8. The highest BCUT2D eigenvalue weighted by Crippen LogP contribution is 2.09. The average Bonchev–Trinajstić information content (AvgIpc) is 2.57. The molecule has 0 aliphatic carbocycles.